The third-order valence-corrected chi connectivity index (χ3v) is 5.16. The van der Waals surface area contributed by atoms with E-state index in [4.69, 9.17) is 13.9 Å². The van der Waals surface area contributed by atoms with Gasteiger partial charge in [0.25, 0.3) is 5.91 Å². The molecule has 32 heavy (non-hydrogen) atoms. The van der Waals surface area contributed by atoms with Gasteiger partial charge in [-0.2, -0.15) is 0 Å². The van der Waals surface area contributed by atoms with Crippen molar-refractivity contribution in [2.75, 3.05) is 7.11 Å². The number of amides is 1. The van der Waals surface area contributed by atoms with Crippen molar-refractivity contribution in [1.29, 1.82) is 0 Å². The maximum Gasteiger partial charge on any atom is 0.336 e. The molecule has 3 aromatic carbocycles. The van der Waals surface area contributed by atoms with Crippen molar-refractivity contribution in [3.05, 3.63) is 105 Å². The molecule has 6 nitrogen and oxygen atoms in total. The Morgan fingerprint density at radius 2 is 1.59 bits per heavy atom. The molecule has 0 radical (unpaired) electrons. The minimum absolute atomic E-state index is 0.145. The van der Waals surface area contributed by atoms with Gasteiger partial charge in [-0.25, -0.2) is 4.79 Å². The van der Waals surface area contributed by atoms with Crippen molar-refractivity contribution in [2.24, 2.45) is 0 Å². The second-order valence-electron chi connectivity index (χ2n) is 7.42. The van der Waals surface area contributed by atoms with E-state index in [-0.39, 0.29) is 11.5 Å². The molecule has 4 aromatic rings. The zero-order valence-electron chi connectivity index (χ0n) is 17.9. The molecule has 0 aliphatic heterocycles. The summed E-state index contributed by atoms with van der Waals surface area (Å²) >= 11 is 0. The molecule has 162 valence electrons. The molecule has 0 aliphatic rings. The number of rotatable bonds is 7. The maximum absolute atomic E-state index is 12.4. The van der Waals surface area contributed by atoms with Gasteiger partial charge in [-0.05, 0) is 60.0 Å². The number of carbonyl (C=O) groups is 1. The Morgan fingerprint density at radius 1 is 0.906 bits per heavy atom. The molecule has 6 heteroatoms. The largest absolute Gasteiger partial charge is 0.497 e. The molecule has 0 fully saturated rings. The summed E-state index contributed by atoms with van der Waals surface area (Å²) in [4.78, 5) is 24.0. The third kappa shape index (κ3) is 4.98. The molecule has 1 aromatic heterocycles. The van der Waals surface area contributed by atoms with Crippen molar-refractivity contribution >= 4 is 16.9 Å². The van der Waals surface area contributed by atoms with Gasteiger partial charge in [0, 0.05) is 29.6 Å². The van der Waals surface area contributed by atoms with Gasteiger partial charge in [-0.15, -0.1) is 0 Å². The lowest BCUT2D eigenvalue weighted by molar-refractivity contribution is 0.0951. The van der Waals surface area contributed by atoms with Crippen LogP contribution >= 0.6 is 0 Å². The quantitative estimate of drug-likeness (QED) is 0.434. The molecule has 0 saturated carbocycles. The molecule has 0 bridgehead atoms. The lowest BCUT2D eigenvalue weighted by atomic mass is 10.1. The van der Waals surface area contributed by atoms with Crippen LogP contribution in [0.1, 0.15) is 27.0 Å². The van der Waals surface area contributed by atoms with E-state index in [0.29, 0.717) is 30.0 Å². The molecule has 4 rings (SSSR count). The van der Waals surface area contributed by atoms with Gasteiger partial charge < -0.3 is 19.2 Å². The van der Waals surface area contributed by atoms with Gasteiger partial charge in [0.1, 0.15) is 23.7 Å². The van der Waals surface area contributed by atoms with E-state index in [1.54, 1.807) is 25.3 Å². The summed E-state index contributed by atoms with van der Waals surface area (Å²) in [6, 6.07) is 21.7. The molecule has 1 heterocycles. The number of hydrogen-bond acceptors (Lipinski definition) is 5. The molecule has 1 amide bonds. The van der Waals surface area contributed by atoms with Crippen LogP contribution in [0.3, 0.4) is 0 Å². The molecule has 1 N–H and O–H groups in total. The Hall–Kier alpha value is -4.06. The molecule has 0 saturated heterocycles. The van der Waals surface area contributed by atoms with Gasteiger partial charge in [0.05, 0.1) is 7.11 Å². The maximum atomic E-state index is 12.4. The Kier molecular flexibility index (Phi) is 6.22. The Bertz CT molecular complexity index is 1290. The highest BCUT2D eigenvalue weighted by molar-refractivity contribution is 5.94. The number of aryl methyl sites for hydroxylation is 1. The van der Waals surface area contributed by atoms with Crippen LogP contribution < -0.4 is 20.4 Å². The highest BCUT2D eigenvalue weighted by Gasteiger charge is 2.07. The SMILES string of the molecule is COc1ccc(CNC(=O)c2ccc(COc3ccc4c(C)cc(=O)oc4c3)cc2)cc1. The number of methoxy groups -OCH3 is 1. The summed E-state index contributed by atoms with van der Waals surface area (Å²) in [5.41, 5.74) is 3.46. The number of nitrogens with one attached hydrogen (secondary N) is 1. The Balaban J connectivity index is 1.34. The van der Waals surface area contributed by atoms with Crippen LogP contribution in [-0.4, -0.2) is 13.0 Å². The van der Waals surface area contributed by atoms with Crippen LogP contribution in [0.4, 0.5) is 0 Å². The number of hydrogen-bond donors (Lipinski definition) is 1. The predicted molar refractivity (Wildman–Crippen MR) is 122 cm³/mol. The van der Waals surface area contributed by atoms with Crippen LogP contribution in [-0.2, 0) is 13.2 Å². The summed E-state index contributed by atoms with van der Waals surface area (Å²) in [7, 11) is 1.62. The lowest BCUT2D eigenvalue weighted by Crippen LogP contribution is -2.22. The highest BCUT2D eigenvalue weighted by Crippen LogP contribution is 2.23. The van der Waals surface area contributed by atoms with E-state index >= 15 is 0 Å². The summed E-state index contributed by atoms with van der Waals surface area (Å²) in [6.45, 7) is 2.63. The first kappa shape index (κ1) is 21.2. The van der Waals surface area contributed by atoms with E-state index in [1.807, 2.05) is 55.5 Å². The Morgan fingerprint density at radius 3 is 2.31 bits per heavy atom. The first-order chi connectivity index (χ1) is 15.5. The van der Waals surface area contributed by atoms with Crippen LogP contribution in [0.2, 0.25) is 0 Å². The molecular weight excluding hydrogens is 406 g/mol. The molecule has 0 spiro atoms. The van der Waals surface area contributed by atoms with Crippen LogP contribution in [0, 0.1) is 6.92 Å². The zero-order valence-corrected chi connectivity index (χ0v) is 17.9. The summed E-state index contributed by atoms with van der Waals surface area (Å²) in [5.74, 6) is 1.24. The Labute approximate surface area is 185 Å². The second-order valence-corrected chi connectivity index (χ2v) is 7.42. The minimum atomic E-state index is -0.381. The fourth-order valence-corrected chi connectivity index (χ4v) is 3.34. The summed E-state index contributed by atoms with van der Waals surface area (Å²) < 4.78 is 16.2. The first-order valence-electron chi connectivity index (χ1n) is 10.2. The van der Waals surface area contributed by atoms with E-state index in [9.17, 15) is 9.59 Å². The van der Waals surface area contributed by atoms with E-state index in [2.05, 4.69) is 5.32 Å². The average Bonchev–Trinajstić information content (AvgIpc) is 2.81. The van der Waals surface area contributed by atoms with Crippen LogP contribution in [0.25, 0.3) is 11.0 Å². The lowest BCUT2D eigenvalue weighted by Gasteiger charge is -2.09. The topological polar surface area (TPSA) is 77.8 Å². The van der Waals surface area contributed by atoms with Gasteiger partial charge in [-0.3, -0.25) is 4.79 Å². The number of fused-ring (bicyclic) bond motifs is 1. The average molecular weight is 429 g/mol. The van der Waals surface area contributed by atoms with E-state index < -0.39 is 0 Å². The van der Waals surface area contributed by atoms with Crippen LogP contribution in [0.15, 0.2) is 82.0 Å². The minimum Gasteiger partial charge on any atom is -0.497 e. The van der Waals surface area contributed by atoms with Crippen molar-refractivity contribution in [2.45, 2.75) is 20.1 Å². The number of carbonyl (C=O) groups excluding carboxylic acids is 1. The van der Waals surface area contributed by atoms with Crippen molar-refractivity contribution in [1.82, 2.24) is 5.32 Å². The van der Waals surface area contributed by atoms with Crippen molar-refractivity contribution in [3.8, 4) is 11.5 Å². The summed E-state index contributed by atoms with van der Waals surface area (Å²) in [5, 5.41) is 3.79. The standard InChI is InChI=1S/C26H23NO5/c1-17-13-25(28)32-24-14-22(11-12-23(17)24)31-16-19-3-7-20(8-4-19)26(29)27-15-18-5-9-21(30-2)10-6-18/h3-14H,15-16H2,1-2H3,(H,27,29). The first-order valence-corrected chi connectivity index (χ1v) is 10.2. The fourth-order valence-electron chi connectivity index (χ4n) is 3.34. The van der Waals surface area contributed by atoms with Crippen molar-refractivity contribution < 1.29 is 18.7 Å². The molecule has 0 aliphatic carbocycles. The smallest absolute Gasteiger partial charge is 0.336 e. The molecule has 0 atom stereocenters. The monoisotopic (exact) mass is 429 g/mol. The summed E-state index contributed by atoms with van der Waals surface area (Å²) in [6.07, 6.45) is 0. The second kappa shape index (κ2) is 9.39. The van der Waals surface area contributed by atoms with E-state index in [0.717, 1.165) is 27.8 Å². The molecular formula is C26H23NO5. The van der Waals surface area contributed by atoms with Gasteiger partial charge >= 0.3 is 5.63 Å². The normalized spacial score (nSPS) is 10.7. The molecule has 0 unspecified atom stereocenters. The third-order valence-electron chi connectivity index (χ3n) is 5.16. The highest BCUT2D eigenvalue weighted by atomic mass is 16.5. The number of benzene rings is 3. The van der Waals surface area contributed by atoms with E-state index in [1.165, 1.54) is 6.07 Å². The number of ether oxygens (including phenoxy) is 2. The zero-order chi connectivity index (χ0) is 22.5. The van der Waals surface area contributed by atoms with Gasteiger partial charge in [0.15, 0.2) is 0 Å². The van der Waals surface area contributed by atoms with Gasteiger partial charge in [0.2, 0.25) is 0 Å². The predicted octanol–water partition coefficient (Wildman–Crippen LogP) is 4.62. The van der Waals surface area contributed by atoms with Gasteiger partial charge in [-0.1, -0.05) is 24.3 Å². The van der Waals surface area contributed by atoms with Crippen LogP contribution in [0.5, 0.6) is 11.5 Å². The fraction of sp³-hybridized carbons (Fsp3) is 0.154. The van der Waals surface area contributed by atoms with Crippen molar-refractivity contribution in [3.63, 3.8) is 0 Å².